The number of nitrogens with zero attached hydrogens (tertiary/aromatic N) is 1. The van der Waals surface area contributed by atoms with Gasteiger partial charge in [-0.15, -0.1) is 11.6 Å². The molecule has 0 aliphatic heterocycles. The monoisotopic (exact) mass is 304 g/mol. The molecule has 1 amide bonds. The highest BCUT2D eigenvalue weighted by atomic mass is 35.5. The molecule has 0 spiro atoms. The maximum Gasteiger partial charge on any atom is 0.239 e. The van der Waals surface area contributed by atoms with Crippen LogP contribution in [0.25, 0.3) is 22.6 Å². The van der Waals surface area contributed by atoms with Crippen molar-refractivity contribution >= 4 is 34.3 Å². The smallest absolute Gasteiger partial charge is 0.239 e. The second-order valence-electron chi connectivity index (χ2n) is 4.36. The molecule has 0 saturated carbocycles. The molecule has 0 radical (unpaired) electrons. The van der Waals surface area contributed by atoms with E-state index in [1.807, 2.05) is 0 Å². The Morgan fingerprint density at radius 2 is 2.10 bits per heavy atom. The van der Waals surface area contributed by atoms with E-state index in [-0.39, 0.29) is 17.7 Å². The highest BCUT2D eigenvalue weighted by Gasteiger charge is 2.12. The Bertz CT molecular complexity index is 816. The van der Waals surface area contributed by atoms with E-state index in [1.165, 1.54) is 6.07 Å². The zero-order chi connectivity index (χ0) is 14.8. The fraction of sp³-hybridized carbons (Fsp3) is 0.0667. The molecule has 1 aromatic heterocycles. The van der Waals surface area contributed by atoms with Gasteiger partial charge in [0.15, 0.2) is 5.58 Å². The summed E-state index contributed by atoms with van der Waals surface area (Å²) in [6.45, 7) is 0. The van der Waals surface area contributed by atoms with E-state index in [2.05, 4.69) is 10.3 Å². The summed E-state index contributed by atoms with van der Waals surface area (Å²) in [6, 6.07) is 11.2. The number of rotatable bonds is 3. The number of halogens is 2. The molecule has 1 N–H and O–H groups in total. The van der Waals surface area contributed by atoms with Crippen LogP contribution in [0.2, 0.25) is 0 Å². The molecule has 0 atom stereocenters. The van der Waals surface area contributed by atoms with Gasteiger partial charge in [0.2, 0.25) is 11.8 Å². The molecule has 0 saturated heterocycles. The Kier molecular flexibility index (Phi) is 3.58. The first kappa shape index (κ1) is 13.6. The zero-order valence-electron chi connectivity index (χ0n) is 10.8. The average Bonchev–Trinajstić information content (AvgIpc) is 2.90. The molecule has 1 heterocycles. The second-order valence-corrected chi connectivity index (χ2v) is 4.63. The van der Waals surface area contributed by atoms with Gasteiger partial charge in [-0.25, -0.2) is 9.37 Å². The average molecular weight is 305 g/mol. The van der Waals surface area contributed by atoms with Gasteiger partial charge < -0.3 is 9.73 Å². The molecule has 4 nitrogen and oxygen atoms in total. The van der Waals surface area contributed by atoms with Crippen LogP contribution in [-0.2, 0) is 4.79 Å². The van der Waals surface area contributed by atoms with Gasteiger partial charge in [0.1, 0.15) is 17.2 Å². The first-order chi connectivity index (χ1) is 10.2. The maximum absolute atomic E-state index is 13.7. The van der Waals surface area contributed by atoms with Gasteiger partial charge >= 0.3 is 0 Å². The van der Waals surface area contributed by atoms with Gasteiger partial charge in [-0.05, 0) is 24.3 Å². The second kappa shape index (κ2) is 5.54. The summed E-state index contributed by atoms with van der Waals surface area (Å²) in [4.78, 5) is 15.5. The van der Waals surface area contributed by atoms with Crippen molar-refractivity contribution in [3.05, 3.63) is 48.3 Å². The van der Waals surface area contributed by atoms with Crippen LogP contribution >= 0.6 is 11.6 Å². The molecule has 0 bridgehead atoms. The van der Waals surface area contributed by atoms with Crippen LogP contribution in [0, 0.1) is 5.82 Å². The third kappa shape index (κ3) is 2.73. The Balaban J connectivity index is 2.01. The fourth-order valence-corrected chi connectivity index (χ4v) is 2.01. The van der Waals surface area contributed by atoms with E-state index >= 15 is 0 Å². The van der Waals surface area contributed by atoms with E-state index in [4.69, 9.17) is 16.0 Å². The van der Waals surface area contributed by atoms with Crippen molar-refractivity contribution in [1.29, 1.82) is 0 Å². The first-order valence-electron chi connectivity index (χ1n) is 6.18. The predicted molar refractivity (Wildman–Crippen MR) is 78.8 cm³/mol. The highest BCUT2D eigenvalue weighted by molar-refractivity contribution is 6.29. The van der Waals surface area contributed by atoms with E-state index < -0.39 is 5.82 Å². The number of aromatic nitrogens is 1. The minimum Gasteiger partial charge on any atom is -0.436 e. The molecule has 21 heavy (non-hydrogen) atoms. The number of hydrogen-bond donors (Lipinski definition) is 1. The van der Waals surface area contributed by atoms with Gasteiger partial charge in [-0.3, -0.25) is 4.79 Å². The third-order valence-electron chi connectivity index (χ3n) is 2.90. The van der Waals surface area contributed by atoms with Crippen LogP contribution in [0.15, 0.2) is 46.9 Å². The van der Waals surface area contributed by atoms with Gasteiger partial charge in [0.05, 0.1) is 5.56 Å². The lowest BCUT2D eigenvalue weighted by Gasteiger charge is -2.01. The van der Waals surface area contributed by atoms with Crippen molar-refractivity contribution in [2.45, 2.75) is 0 Å². The lowest BCUT2D eigenvalue weighted by molar-refractivity contribution is -0.113. The number of carbonyl (C=O) groups excluding carboxylic acids is 1. The quantitative estimate of drug-likeness (QED) is 0.749. The minimum absolute atomic E-state index is 0.130. The van der Waals surface area contributed by atoms with E-state index in [0.717, 1.165) is 0 Å². The number of hydrogen-bond acceptors (Lipinski definition) is 3. The summed E-state index contributed by atoms with van der Waals surface area (Å²) in [5.41, 5.74) is 1.88. The van der Waals surface area contributed by atoms with Crippen LogP contribution < -0.4 is 5.32 Å². The number of anilines is 1. The van der Waals surface area contributed by atoms with Crippen LogP contribution in [0.4, 0.5) is 10.1 Å². The summed E-state index contributed by atoms with van der Waals surface area (Å²) in [6.07, 6.45) is 0. The molecule has 3 rings (SSSR count). The Hall–Kier alpha value is -2.40. The molecular weight excluding hydrogens is 295 g/mol. The molecular formula is C15H10ClFN2O2. The van der Waals surface area contributed by atoms with Crippen LogP contribution in [-0.4, -0.2) is 16.8 Å². The normalized spacial score (nSPS) is 10.8. The van der Waals surface area contributed by atoms with Gasteiger partial charge in [0, 0.05) is 11.8 Å². The number of amides is 1. The molecule has 2 aromatic carbocycles. The topological polar surface area (TPSA) is 55.1 Å². The zero-order valence-corrected chi connectivity index (χ0v) is 11.5. The lowest BCUT2D eigenvalue weighted by atomic mass is 10.2. The van der Waals surface area contributed by atoms with E-state index in [1.54, 1.807) is 36.4 Å². The van der Waals surface area contributed by atoms with Gasteiger partial charge in [0.25, 0.3) is 0 Å². The molecule has 106 valence electrons. The maximum atomic E-state index is 13.7. The standard InChI is InChI=1S/C15H10ClFN2O2/c16-8-14(20)18-9-5-6-12-13(7-9)21-15(19-12)10-3-1-2-4-11(10)17/h1-7H,8H2,(H,18,20). The largest absolute Gasteiger partial charge is 0.436 e. The van der Waals surface area contributed by atoms with Crippen LogP contribution in [0.1, 0.15) is 0 Å². The SMILES string of the molecule is O=C(CCl)Nc1ccc2nc(-c3ccccc3F)oc2c1. The van der Waals surface area contributed by atoms with Crippen molar-refractivity contribution in [1.82, 2.24) is 4.98 Å². The van der Waals surface area contributed by atoms with Gasteiger partial charge in [-0.1, -0.05) is 12.1 Å². The number of oxazole rings is 1. The van der Waals surface area contributed by atoms with Crippen molar-refractivity contribution < 1.29 is 13.6 Å². The lowest BCUT2D eigenvalue weighted by Crippen LogP contribution is -2.12. The number of alkyl halides is 1. The number of benzene rings is 2. The molecule has 6 heteroatoms. The van der Waals surface area contributed by atoms with Crippen molar-refractivity contribution in [2.75, 3.05) is 11.2 Å². The Morgan fingerprint density at radius 1 is 1.29 bits per heavy atom. The highest BCUT2D eigenvalue weighted by Crippen LogP contribution is 2.27. The molecule has 0 fully saturated rings. The predicted octanol–water partition coefficient (Wildman–Crippen LogP) is 3.81. The molecule has 0 aliphatic carbocycles. The minimum atomic E-state index is -0.403. The summed E-state index contributed by atoms with van der Waals surface area (Å²) < 4.78 is 19.3. The van der Waals surface area contributed by atoms with Crippen molar-refractivity contribution in [3.8, 4) is 11.5 Å². The third-order valence-corrected chi connectivity index (χ3v) is 3.14. The van der Waals surface area contributed by atoms with E-state index in [9.17, 15) is 9.18 Å². The number of fused-ring (bicyclic) bond motifs is 1. The van der Waals surface area contributed by atoms with Crippen molar-refractivity contribution in [2.24, 2.45) is 0 Å². The Morgan fingerprint density at radius 3 is 2.86 bits per heavy atom. The summed E-state index contributed by atoms with van der Waals surface area (Å²) in [5, 5.41) is 2.61. The molecule has 0 unspecified atom stereocenters. The summed E-state index contributed by atoms with van der Waals surface area (Å²) >= 11 is 5.43. The number of nitrogens with one attached hydrogen (secondary N) is 1. The number of carbonyl (C=O) groups is 1. The molecule has 0 aliphatic rings. The Labute approximate surface area is 124 Å². The molecule has 3 aromatic rings. The fourth-order valence-electron chi connectivity index (χ4n) is 1.95. The van der Waals surface area contributed by atoms with E-state index in [0.29, 0.717) is 22.4 Å². The first-order valence-corrected chi connectivity index (χ1v) is 6.72. The van der Waals surface area contributed by atoms with Crippen LogP contribution in [0.3, 0.4) is 0 Å². The van der Waals surface area contributed by atoms with Crippen molar-refractivity contribution in [3.63, 3.8) is 0 Å². The van der Waals surface area contributed by atoms with Gasteiger partial charge in [-0.2, -0.15) is 0 Å². The van der Waals surface area contributed by atoms with Crippen LogP contribution in [0.5, 0.6) is 0 Å². The summed E-state index contributed by atoms with van der Waals surface area (Å²) in [5.74, 6) is -0.650. The summed E-state index contributed by atoms with van der Waals surface area (Å²) in [7, 11) is 0.